The smallest absolute Gasteiger partial charge is 0.168 e. The first-order valence-electron chi connectivity index (χ1n) is 7.38. The minimum Gasteiger partial charge on any atom is -0.327 e. The number of hydrogen-bond acceptors (Lipinski definition) is 3. The van der Waals surface area contributed by atoms with Crippen LogP contribution in [0.4, 0.5) is 0 Å². The predicted octanol–water partition coefficient (Wildman–Crippen LogP) is 2.79. The second-order valence-electron chi connectivity index (χ2n) is 6.20. The number of carbonyl (C=O) groups excluding carboxylic acids is 1. The Bertz CT molecular complexity index is 674. The molecular weight excluding hydrogens is 248 g/mol. The molecule has 2 bridgehead atoms. The molecule has 0 radical (unpaired) electrons. The van der Waals surface area contributed by atoms with Gasteiger partial charge in [-0.3, -0.25) is 9.78 Å². The Morgan fingerprint density at radius 3 is 2.85 bits per heavy atom. The van der Waals surface area contributed by atoms with E-state index in [4.69, 9.17) is 5.73 Å². The van der Waals surface area contributed by atoms with Gasteiger partial charge in [-0.15, -0.1) is 0 Å². The molecule has 4 atom stereocenters. The number of nitrogens with two attached hydrogens (primary N) is 1. The van der Waals surface area contributed by atoms with Crippen LogP contribution in [0.25, 0.3) is 10.8 Å². The number of pyridine rings is 1. The van der Waals surface area contributed by atoms with Crippen LogP contribution >= 0.6 is 0 Å². The summed E-state index contributed by atoms with van der Waals surface area (Å²) in [7, 11) is 0. The van der Waals surface area contributed by atoms with Gasteiger partial charge in [-0.05, 0) is 42.6 Å². The second-order valence-corrected chi connectivity index (χ2v) is 6.20. The molecular formula is C17H18N2O. The first-order chi connectivity index (χ1) is 9.75. The first kappa shape index (κ1) is 12.0. The summed E-state index contributed by atoms with van der Waals surface area (Å²) in [6.07, 6.45) is 7.08. The molecule has 0 amide bonds. The van der Waals surface area contributed by atoms with Gasteiger partial charge >= 0.3 is 0 Å². The third-order valence-electron chi connectivity index (χ3n) is 5.23. The predicted molar refractivity (Wildman–Crippen MR) is 78.4 cm³/mol. The van der Waals surface area contributed by atoms with E-state index in [1.807, 2.05) is 30.5 Å². The average molecular weight is 266 g/mol. The summed E-state index contributed by atoms with van der Waals surface area (Å²) in [5.74, 6) is 1.32. The highest BCUT2D eigenvalue weighted by molar-refractivity contribution is 6.09. The summed E-state index contributed by atoms with van der Waals surface area (Å²) < 4.78 is 0. The topological polar surface area (TPSA) is 56.0 Å². The van der Waals surface area contributed by atoms with Crippen molar-refractivity contribution in [3.8, 4) is 0 Å². The Morgan fingerprint density at radius 1 is 1.20 bits per heavy atom. The normalized spacial score (nSPS) is 31.9. The van der Waals surface area contributed by atoms with Gasteiger partial charge in [0.1, 0.15) is 0 Å². The fourth-order valence-corrected chi connectivity index (χ4v) is 4.24. The summed E-state index contributed by atoms with van der Waals surface area (Å²) in [6.45, 7) is 0. The lowest BCUT2D eigenvalue weighted by molar-refractivity contribution is 0.0858. The largest absolute Gasteiger partial charge is 0.327 e. The highest BCUT2D eigenvalue weighted by Gasteiger charge is 2.49. The number of aromatic nitrogens is 1. The molecule has 0 spiro atoms. The molecule has 4 unspecified atom stereocenters. The van der Waals surface area contributed by atoms with E-state index >= 15 is 0 Å². The van der Waals surface area contributed by atoms with Crippen molar-refractivity contribution >= 4 is 16.6 Å². The Kier molecular flexibility index (Phi) is 2.64. The highest BCUT2D eigenvalue weighted by atomic mass is 16.1. The van der Waals surface area contributed by atoms with Crippen LogP contribution in [-0.4, -0.2) is 16.8 Å². The molecule has 1 heterocycles. The number of ketones is 1. The van der Waals surface area contributed by atoms with E-state index in [0.717, 1.165) is 22.8 Å². The first-order valence-corrected chi connectivity index (χ1v) is 7.38. The number of fused-ring (bicyclic) bond motifs is 3. The zero-order valence-corrected chi connectivity index (χ0v) is 11.3. The van der Waals surface area contributed by atoms with Gasteiger partial charge in [0.25, 0.3) is 0 Å². The van der Waals surface area contributed by atoms with Crippen molar-refractivity contribution < 1.29 is 4.79 Å². The molecule has 0 saturated heterocycles. The Labute approximate surface area is 118 Å². The molecule has 2 fully saturated rings. The monoisotopic (exact) mass is 266 g/mol. The molecule has 2 aliphatic rings. The molecule has 2 saturated carbocycles. The molecule has 102 valence electrons. The molecule has 3 heteroatoms. The van der Waals surface area contributed by atoms with Crippen molar-refractivity contribution in [1.29, 1.82) is 0 Å². The van der Waals surface area contributed by atoms with E-state index in [1.54, 1.807) is 6.20 Å². The van der Waals surface area contributed by atoms with E-state index in [2.05, 4.69) is 4.98 Å². The van der Waals surface area contributed by atoms with E-state index in [9.17, 15) is 4.79 Å². The van der Waals surface area contributed by atoms with Crippen molar-refractivity contribution in [3.05, 3.63) is 42.2 Å². The number of hydrogen-bond donors (Lipinski definition) is 1. The number of Topliss-reactive ketones (excluding diaryl/α,β-unsaturated/α-hetero) is 1. The Morgan fingerprint density at radius 2 is 2.05 bits per heavy atom. The minimum atomic E-state index is 0.0208. The third-order valence-corrected chi connectivity index (χ3v) is 5.23. The van der Waals surface area contributed by atoms with Gasteiger partial charge in [0.15, 0.2) is 5.78 Å². The van der Waals surface area contributed by atoms with Crippen LogP contribution in [0.5, 0.6) is 0 Å². The molecule has 20 heavy (non-hydrogen) atoms. The lowest BCUT2D eigenvalue weighted by Gasteiger charge is -2.27. The van der Waals surface area contributed by atoms with Crippen LogP contribution in [0.2, 0.25) is 0 Å². The van der Waals surface area contributed by atoms with Crippen molar-refractivity contribution in [2.45, 2.75) is 25.3 Å². The van der Waals surface area contributed by atoms with Crippen LogP contribution in [0.3, 0.4) is 0 Å². The maximum absolute atomic E-state index is 13.0. The fraction of sp³-hybridized carbons (Fsp3) is 0.412. The zero-order valence-electron chi connectivity index (χ0n) is 11.3. The molecule has 2 aromatic rings. The average Bonchev–Trinajstić information content (AvgIpc) is 3.07. The van der Waals surface area contributed by atoms with E-state index in [1.165, 1.54) is 12.8 Å². The van der Waals surface area contributed by atoms with Gasteiger partial charge in [-0.1, -0.05) is 18.2 Å². The van der Waals surface area contributed by atoms with Gasteiger partial charge in [0.2, 0.25) is 0 Å². The summed E-state index contributed by atoms with van der Waals surface area (Å²) in [5, 5.41) is 2.03. The highest BCUT2D eigenvalue weighted by Crippen LogP contribution is 2.48. The van der Waals surface area contributed by atoms with E-state index in [0.29, 0.717) is 11.8 Å². The van der Waals surface area contributed by atoms with Crippen molar-refractivity contribution in [3.63, 3.8) is 0 Å². The van der Waals surface area contributed by atoms with Crippen molar-refractivity contribution in [1.82, 2.24) is 4.98 Å². The van der Waals surface area contributed by atoms with Gasteiger partial charge in [0.05, 0.1) is 0 Å². The van der Waals surface area contributed by atoms with Gasteiger partial charge in [-0.25, -0.2) is 0 Å². The van der Waals surface area contributed by atoms with E-state index in [-0.39, 0.29) is 17.7 Å². The molecule has 3 nitrogen and oxygen atoms in total. The Hall–Kier alpha value is -1.74. The zero-order chi connectivity index (χ0) is 13.7. The lowest BCUT2D eigenvalue weighted by atomic mass is 9.79. The van der Waals surface area contributed by atoms with Gasteiger partial charge in [0, 0.05) is 35.3 Å². The summed E-state index contributed by atoms with van der Waals surface area (Å²) in [4.78, 5) is 17.1. The second kappa shape index (κ2) is 4.38. The number of benzene rings is 1. The maximum Gasteiger partial charge on any atom is 0.168 e. The standard InChI is InChI=1S/C17H18N2O/c18-16-11-5-4-10(8-11)15(16)17(20)14-3-1-2-12-9-19-7-6-13(12)14/h1-3,6-7,9-11,15-16H,4-5,8,18H2. The van der Waals surface area contributed by atoms with Crippen molar-refractivity contribution in [2.24, 2.45) is 23.5 Å². The lowest BCUT2D eigenvalue weighted by Crippen LogP contribution is -2.40. The maximum atomic E-state index is 13.0. The molecule has 1 aromatic carbocycles. The number of nitrogens with zero attached hydrogens (tertiary/aromatic N) is 1. The van der Waals surface area contributed by atoms with Crippen LogP contribution in [0, 0.1) is 17.8 Å². The number of rotatable bonds is 2. The molecule has 2 N–H and O–H groups in total. The summed E-state index contributed by atoms with van der Waals surface area (Å²) in [5.41, 5.74) is 7.13. The number of carbonyl (C=O) groups is 1. The summed E-state index contributed by atoms with van der Waals surface area (Å²) >= 11 is 0. The van der Waals surface area contributed by atoms with Crippen LogP contribution in [0.15, 0.2) is 36.7 Å². The molecule has 1 aromatic heterocycles. The van der Waals surface area contributed by atoms with Crippen LogP contribution in [-0.2, 0) is 0 Å². The van der Waals surface area contributed by atoms with Crippen LogP contribution < -0.4 is 5.73 Å². The van der Waals surface area contributed by atoms with Crippen LogP contribution in [0.1, 0.15) is 29.6 Å². The fourth-order valence-electron chi connectivity index (χ4n) is 4.24. The molecule has 0 aliphatic heterocycles. The summed E-state index contributed by atoms with van der Waals surface area (Å²) in [6, 6.07) is 7.86. The minimum absolute atomic E-state index is 0.0208. The van der Waals surface area contributed by atoms with E-state index < -0.39 is 0 Å². The molecule has 4 rings (SSSR count). The van der Waals surface area contributed by atoms with Gasteiger partial charge < -0.3 is 5.73 Å². The third kappa shape index (κ3) is 1.63. The van der Waals surface area contributed by atoms with Gasteiger partial charge in [-0.2, -0.15) is 0 Å². The van der Waals surface area contributed by atoms with Crippen molar-refractivity contribution in [2.75, 3.05) is 0 Å². The Balaban J connectivity index is 1.78. The SMILES string of the molecule is NC1C2CCC(C2)C1C(=O)c1cccc2cnccc12. The quantitative estimate of drug-likeness (QED) is 0.850. The molecule has 2 aliphatic carbocycles.